The first-order chi connectivity index (χ1) is 12.1. The molecular formula is C17H27N5OS2. The maximum atomic E-state index is 11.7. The van der Waals surface area contributed by atoms with Gasteiger partial charge < -0.3 is 0 Å². The van der Waals surface area contributed by atoms with Crippen molar-refractivity contribution in [2.45, 2.75) is 44.3 Å². The zero-order valence-corrected chi connectivity index (χ0v) is 16.5. The van der Waals surface area contributed by atoms with Crippen LogP contribution in [0.3, 0.4) is 0 Å². The maximum Gasteiger partial charge on any atom is 0.266 e. The Labute approximate surface area is 159 Å². The summed E-state index contributed by atoms with van der Waals surface area (Å²) in [7, 11) is 1.67. The number of aromatic nitrogens is 2. The van der Waals surface area contributed by atoms with Crippen LogP contribution < -0.4 is 5.56 Å². The van der Waals surface area contributed by atoms with Crippen LogP contribution in [0.1, 0.15) is 44.1 Å². The van der Waals surface area contributed by atoms with Gasteiger partial charge in [0.15, 0.2) is 4.32 Å². The van der Waals surface area contributed by atoms with E-state index in [1.165, 1.54) is 43.2 Å². The van der Waals surface area contributed by atoms with Crippen molar-refractivity contribution >= 4 is 28.3 Å². The van der Waals surface area contributed by atoms with Gasteiger partial charge in [0.05, 0.1) is 6.20 Å². The molecular weight excluding hydrogens is 354 g/mol. The fraction of sp³-hybridized carbons (Fsp3) is 0.706. The molecule has 3 heterocycles. The van der Waals surface area contributed by atoms with Gasteiger partial charge in [-0.05, 0) is 43.5 Å². The number of hydrogen-bond donors (Lipinski definition) is 0. The van der Waals surface area contributed by atoms with Gasteiger partial charge in [-0.2, -0.15) is 5.10 Å². The number of thioether (sulfide) groups is 1. The van der Waals surface area contributed by atoms with Crippen molar-refractivity contribution in [3.63, 3.8) is 0 Å². The van der Waals surface area contributed by atoms with Crippen LogP contribution >= 0.6 is 24.0 Å². The lowest BCUT2D eigenvalue weighted by atomic mass is 10.1. The van der Waals surface area contributed by atoms with Crippen molar-refractivity contribution in [1.82, 2.24) is 24.9 Å². The van der Waals surface area contributed by atoms with E-state index in [-0.39, 0.29) is 5.56 Å². The number of rotatable bonds is 4. The van der Waals surface area contributed by atoms with E-state index in [0.29, 0.717) is 5.75 Å². The molecule has 2 aliphatic rings. The molecule has 0 radical (unpaired) electrons. The summed E-state index contributed by atoms with van der Waals surface area (Å²) < 4.78 is 2.23. The quantitative estimate of drug-likeness (QED) is 0.742. The molecule has 1 aromatic rings. The number of aryl methyl sites for hydroxylation is 1. The van der Waals surface area contributed by atoms with Gasteiger partial charge in [-0.3, -0.25) is 4.79 Å². The first kappa shape index (κ1) is 18.8. The Morgan fingerprint density at radius 2 is 1.68 bits per heavy atom. The standard InChI is InChI=1S/C17H27N5OS2/c1-19-16(23)12-15(13-18-19)14-25-17(24)22(20-8-4-2-5-9-20)21-10-6-3-7-11-21/h12-13H,2-11,14H2,1H3. The molecule has 0 spiro atoms. The van der Waals surface area contributed by atoms with Crippen molar-refractivity contribution in [1.29, 1.82) is 0 Å². The van der Waals surface area contributed by atoms with Crippen molar-refractivity contribution in [3.05, 3.63) is 28.2 Å². The molecule has 138 valence electrons. The second kappa shape index (κ2) is 9.12. The van der Waals surface area contributed by atoms with E-state index in [9.17, 15) is 4.79 Å². The Balaban J connectivity index is 1.66. The Hall–Kier alpha value is -0.960. The molecule has 0 atom stereocenters. The first-order valence-electron chi connectivity index (χ1n) is 9.14. The second-order valence-electron chi connectivity index (χ2n) is 6.70. The summed E-state index contributed by atoms with van der Waals surface area (Å²) in [6.45, 7) is 4.30. The minimum atomic E-state index is -0.0760. The fourth-order valence-corrected chi connectivity index (χ4v) is 4.53. The highest BCUT2D eigenvalue weighted by Gasteiger charge is 2.27. The summed E-state index contributed by atoms with van der Waals surface area (Å²) in [5.74, 6) is 0.681. The van der Waals surface area contributed by atoms with Gasteiger partial charge >= 0.3 is 0 Å². The molecule has 25 heavy (non-hydrogen) atoms. The molecule has 1 aromatic heterocycles. The van der Waals surface area contributed by atoms with Crippen LogP contribution in [0.4, 0.5) is 0 Å². The zero-order valence-electron chi connectivity index (χ0n) is 14.9. The molecule has 0 unspecified atom stereocenters. The number of nitrogens with zero attached hydrogens (tertiary/aromatic N) is 5. The van der Waals surface area contributed by atoms with Crippen LogP contribution in [0, 0.1) is 0 Å². The third-order valence-electron chi connectivity index (χ3n) is 4.75. The topological polar surface area (TPSA) is 44.6 Å². The van der Waals surface area contributed by atoms with Crippen molar-refractivity contribution < 1.29 is 0 Å². The van der Waals surface area contributed by atoms with Gasteiger partial charge in [0, 0.05) is 45.0 Å². The van der Waals surface area contributed by atoms with Crippen LogP contribution in [0.2, 0.25) is 0 Å². The van der Waals surface area contributed by atoms with E-state index in [1.807, 2.05) is 0 Å². The average molecular weight is 382 g/mol. The van der Waals surface area contributed by atoms with Gasteiger partial charge in [-0.25, -0.2) is 19.8 Å². The van der Waals surface area contributed by atoms with E-state index in [2.05, 4.69) is 20.2 Å². The average Bonchev–Trinajstić information content (AvgIpc) is 2.65. The number of piperidine rings is 2. The highest BCUT2D eigenvalue weighted by Crippen LogP contribution is 2.24. The summed E-state index contributed by atoms with van der Waals surface area (Å²) in [5.41, 5.74) is 0.848. The van der Waals surface area contributed by atoms with E-state index >= 15 is 0 Å². The smallest absolute Gasteiger partial charge is 0.266 e. The molecule has 0 amide bonds. The zero-order chi connectivity index (χ0) is 17.6. The summed E-state index contributed by atoms with van der Waals surface area (Å²) in [6.07, 6.45) is 9.30. The molecule has 3 rings (SSSR count). The second-order valence-corrected chi connectivity index (χ2v) is 8.31. The molecule has 2 fully saturated rings. The highest BCUT2D eigenvalue weighted by molar-refractivity contribution is 8.22. The molecule has 0 saturated carbocycles. The number of hydrogen-bond acceptors (Lipinski definition) is 6. The van der Waals surface area contributed by atoms with E-state index in [1.54, 1.807) is 31.1 Å². The van der Waals surface area contributed by atoms with Crippen LogP contribution in [0.25, 0.3) is 0 Å². The Morgan fingerprint density at radius 1 is 1.12 bits per heavy atom. The molecule has 0 bridgehead atoms. The maximum absolute atomic E-state index is 11.7. The molecule has 8 heteroatoms. The van der Waals surface area contributed by atoms with Crippen LogP contribution in [-0.2, 0) is 12.8 Å². The van der Waals surface area contributed by atoms with Gasteiger partial charge in [0.25, 0.3) is 5.56 Å². The minimum absolute atomic E-state index is 0.0760. The Kier molecular flexibility index (Phi) is 6.86. The van der Waals surface area contributed by atoms with Crippen molar-refractivity contribution in [2.75, 3.05) is 26.2 Å². The summed E-state index contributed by atoms with van der Waals surface area (Å²) in [4.78, 5) is 11.7. The van der Waals surface area contributed by atoms with Gasteiger partial charge in [-0.1, -0.05) is 24.6 Å². The molecule has 0 N–H and O–H groups in total. The van der Waals surface area contributed by atoms with Gasteiger partial charge in [0.1, 0.15) is 0 Å². The molecule has 2 aliphatic heterocycles. The van der Waals surface area contributed by atoms with Crippen molar-refractivity contribution in [2.24, 2.45) is 7.05 Å². The third kappa shape index (κ3) is 5.03. The Morgan fingerprint density at radius 3 is 2.20 bits per heavy atom. The lowest BCUT2D eigenvalue weighted by molar-refractivity contribution is -0.136. The Bertz CT molecular complexity index is 620. The number of thiocarbonyl (C=S) groups is 1. The number of hydrazine groups is 2. The van der Waals surface area contributed by atoms with Crippen molar-refractivity contribution in [3.8, 4) is 0 Å². The largest absolute Gasteiger partial charge is 0.268 e. The highest BCUT2D eigenvalue weighted by atomic mass is 32.2. The van der Waals surface area contributed by atoms with Gasteiger partial charge in [0.2, 0.25) is 0 Å². The third-order valence-corrected chi connectivity index (χ3v) is 6.16. The van der Waals surface area contributed by atoms with Gasteiger partial charge in [-0.15, -0.1) is 0 Å². The van der Waals surface area contributed by atoms with E-state index in [0.717, 1.165) is 36.1 Å². The normalized spacial score (nSPS) is 19.7. The monoisotopic (exact) mass is 381 g/mol. The predicted molar refractivity (Wildman–Crippen MR) is 106 cm³/mol. The molecule has 6 nitrogen and oxygen atoms in total. The molecule has 0 aliphatic carbocycles. The lowest BCUT2D eigenvalue weighted by Gasteiger charge is -2.46. The van der Waals surface area contributed by atoms with Crippen LogP contribution in [0.15, 0.2) is 17.1 Å². The van der Waals surface area contributed by atoms with E-state index in [4.69, 9.17) is 12.2 Å². The minimum Gasteiger partial charge on any atom is -0.268 e. The van der Waals surface area contributed by atoms with Crippen LogP contribution in [0.5, 0.6) is 0 Å². The first-order valence-corrected chi connectivity index (χ1v) is 10.5. The fourth-order valence-electron chi connectivity index (χ4n) is 3.33. The SMILES string of the molecule is Cn1ncc(CSC(=S)N(N2CCCCC2)N2CCCCC2)cc1=O. The predicted octanol–water partition coefficient (Wildman–Crippen LogP) is 2.40. The van der Waals surface area contributed by atoms with Crippen LogP contribution in [-0.4, -0.2) is 55.4 Å². The summed E-state index contributed by atoms with van der Waals surface area (Å²) >= 11 is 7.42. The van der Waals surface area contributed by atoms with E-state index < -0.39 is 0 Å². The summed E-state index contributed by atoms with van der Waals surface area (Å²) in [6, 6.07) is 1.65. The lowest BCUT2D eigenvalue weighted by Crippen LogP contribution is -2.57. The molecule has 2 saturated heterocycles. The molecule has 0 aromatic carbocycles. The summed E-state index contributed by atoms with van der Waals surface area (Å²) in [5, 5.41) is 11.2.